The average Bonchev–Trinajstić information content (AvgIpc) is 3.10. The number of anilines is 1. The molecule has 3 fully saturated rings. The molecular weight excluding hydrogens is 518 g/mol. The molecule has 0 saturated carbocycles. The molecule has 1 amide bonds. The number of carbonyl (C=O) groups is 1. The van der Waals surface area contributed by atoms with E-state index in [1.165, 1.54) is 22.9 Å². The lowest BCUT2D eigenvalue weighted by molar-refractivity contribution is -0.926. The molecule has 0 unspecified atom stereocenters. The van der Waals surface area contributed by atoms with Gasteiger partial charge in [0.25, 0.3) is 0 Å². The Labute approximate surface area is 187 Å². The number of halogens is 4. The molecular formula is C19H21F3IN3O2S. The summed E-state index contributed by atoms with van der Waals surface area (Å²) in [4.78, 5) is 17.1. The van der Waals surface area contributed by atoms with Crippen LogP contribution >= 0.6 is 11.3 Å². The van der Waals surface area contributed by atoms with Crippen LogP contribution in [0.1, 0.15) is 24.8 Å². The van der Waals surface area contributed by atoms with Gasteiger partial charge in [0.15, 0.2) is 5.82 Å². The van der Waals surface area contributed by atoms with E-state index < -0.39 is 23.4 Å². The minimum absolute atomic E-state index is 0. The number of quaternary nitrogens is 1. The van der Waals surface area contributed by atoms with Crippen molar-refractivity contribution >= 4 is 23.2 Å². The summed E-state index contributed by atoms with van der Waals surface area (Å²) in [5.74, 6) is 0.220. The third-order valence-electron chi connectivity index (χ3n) is 5.87. The molecule has 1 N–H and O–H groups in total. The van der Waals surface area contributed by atoms with E-state index in [0.29, 0.717) is 10.4 Å². The van der Waals surface area contributed by atoms with Gasteiger partial charge in [-0.3, -0.25) is 5.32 Å². The molecule has 2 bridgehead atoms. The Bertz CT molecular complexity index is 878. The van der Waals surface area contributed by atoms with Crippen molar-refractivity contribution in [1.82, 2.24) is 4.98 Å². The molecule has 3 aliphatic rings. The van der Waals surface area contributed by atoms with Crippen LogP contribution in [0.3, 0.4) is 0 Å². The summed E-state index contributed by atoms with van der Waals surface area (Å²) in [7, 11) is 2.22. The molecule has 158 valence electrons. The van der Waals surface area contributed by atoms with E-state index in [4.69, 9.17) is 4.74 Å². The normalized spacial score (nSPS) is 25.9. The first kappa shape index (κ1) is 22.3. The van der Waals surface area contributed by atoms with Crippen LogP contribution in [0.4, 0.5) is 23.8 Å². The van der Waals surface area contributed by atoms with Gasteiger partial charge in [0.2, 0.25) is 0 Å². The first-order chi connectivity index (χ1) is 13.2. The Morgan fingerprint density at radius 3 is 2.52 bits per heavy atom. The molecule has 4 heterocycles. The molecule has 0 aliphatic carbocycles. The van der Waals surface area contributed by atoms with Crippen molar-refractivity contribution in [2.75, 3.05) is 32.0 Å². The summed E-state index contributed by atoms with van der Waals surface area (Å²) in [6.07, 6.45) is -2.55. The fourth-order valence-electron chi connectivity index (χ4n) is 3.98. The molecule has 2 aromatic rings. The van der Waals surface area contributed by atoms with Gasteiger partial charge < -0.3 is 33.2 Å². The summed E-state index contributed by atoms with van der Waals surface area (Å²) in [5.41, 5.74) is 0.672. The van der Waals surface area contributed by atoms with Crippen molar-refractivity contribution in [2.45, 2.75) is 31.0 Å². The number of nitrogens with zero attached hydrogens (tertiary/aromatic N) is 2. The molecule has 5 nitrogen and oxygen atoms in total. The molecule has 0 spiro atoms. The van der Waals surface area contributed by atoms with Gasteiger partial charge in [-0.1, -0.05) is 12.1 Å². The summed E-state index contributed by atoms with van der Waals surface area (Å²) in [6.45, 7) is 2.96. The smallest absolute Gasteiger partial charge is 0.416 e. The van der Waals surface area contributed by atoms with Gasteiger partial charge in [0.05, 0.1) is 42.6 Å². The Kier molecular flexibility index (Phi) is 6.17. The fraction of sp³-hybridized carbons (Fsp3) is 0.474. The van der Waals surface area contributed by atoms with E-state index in [0.717, 1.165) is 55.5 Å². The van der Waals surface area contributed by atoms with Crippen LogP contribution in [0.25, 0.3) is 10.4 Å². The fourth-order valence-corrected chi connectivity index (χ4v) is 4.72. The van der Waals surface area contributed by atoms with Crippen molar-refractivity contribution in [2.24, 2.45) is 0 Å². The summed E-state index contributed by atoms with van der Waals surface area (Å²) in [5, 5.41) is 2.63. The number of hydrogen-bond donors (Lipinski definition) is 1. The number of nitrogens with one attached hydrogen (secondary N) is 1. The van der Waals surface area contributed by atoms with Gasteiger partial charge in [0.1, 0.15) is 5.60 Å². The number of rotatable bonds is 3. The van der Waals surface area contributed by atoms with Crippen LogP contribution in [0.2, 0.25) is 0 Å². The zero-order valence-corrected chi connectivity index (χ0v) is 18.7. The van der Waals surface area contributed by atoms with E-state index >= 15 is 0 Å². The largest absolute Gasteiger partial charge is 1.00 e. The highest BCUT2D eigenvalue weighted by Gasteiger charge is 2.49. The van der Waals surface area contributed by atoms with Gasteiger partial charge >= 0.3 is 12.3 Å². The molecule has 29 heavy (non-hydrogen) atoms. The molecule has 1 aromatic heterocycles. The number of amides is 1. The summed E-state index contributed by atoms with van der Waals surface area (Å²) >= 11 is 1.17. The SMILES string of the molecule is C[N+]12CCC(OC(=O)Nc3ncsc3-c3cccc(C(F)(F)F)c3)(CC1)CC2.[I-]. The molecule has 1 aromatic carbocycles. The highest BCUT2D eigenvalue weighted by molar-refractivity contribution is 7.13. The zero-order chi connectivity index (χ0) is 20.0. The van der Waals surface area contributed by atoms with Crippen LogP contribution in [0.5, 0.6) is 0 Å². The predicted molar refractivity (Wildman–Crippen MR) is 100 cm³/mol. The summed E-state index contributed by atoms with van der Waals surface area (Å²) in [6, 6.07) is 4.99. The standard InChI is InChI=1S/C19H20F3N3O2S.HI/c1-25-8-5-18(6-9-25,7-10-25)27-17(26)24-16-15(28-12-23-16)13-3-2-4-14(11-13)19(20,21)22;/h2-4,11-12H,5-10H2,1H3;1H. The lowest BCUT2D eigenvalue weighted by Gasteiger charge is -2.51. The van der Waals surface area contributed by atoms with Crippen LogP contribution in [0, 0.1) is 0 Å². The lowest BCUT2D eigenvalue weighted by atomic mass is 9.81. The van der Waals surface area contributed by atoms with Gasteiger partial charge in [-0.25, -0.2) is 9.78 Å². The minimum atomic E-state index is -4.43. The lowest BCUT2D eigenvalue weighted by Crippen LogP contribution is -3.00. The van der Waals surface area contributed by atoms with Gasteiger partial charge in [-0.15, -0.1) is 11.3 Å². The van der Waals surface area contributed by atoms with Crippen molar-refractivity contribution in [1.29, 1.82) is 0 Å². The van der Waals surface area contributed by atoms with E-state index in [1.54, 1.807) is 6.07 Å². The number of carbonyl (C=O) groups excluding carboxylic acids is 1. The number of hydrogen-bond acceptors (Lipinski definition) is 4. The maximum absolute atomic E-state index is 13.0. The number of ether oxygens (including phenoxy) is 1. The van der Waals surface area contributed by atoms with E-state index in [9.17, 15) is 18.0 Å². The highest BCUT2D eigenvalue weighted by Crippen LogP contribution is 2.40. The maximum Gasteiger partial charge on any atom is 0.416 e. The Morgan fingerprint density at radius 1 is 1.24 bits per heavy atom. The van der Waals surface area contributed by atoms with Crippen LogP contribution in [0.15, 0.2) is 29.8 Å². The van der Waals surface area contributed by atoms with Crippen molar-refractivity contribution in [3.63, 3.8) is 0 Å². The summed E-state index contributed by atoms with van der Waals surface area (Å²) < 4.78 is 45.8. The number of piperidine rings is 3. The van der Waals surface area contributed by atoms with Gasteiger partial charge in [-0.05, 0) is 17.7 Å². The number of benzene rings is 1. The Hall–Kier alpha value is -1.40. The minimum Gasteiger partial charge on any atom is -1.00 e. The number of fused-ring (bicyclic) bond motifs is 3. The third-order valence-corrected chi connectivity index (χ3v) is 6.75. The molecule has 3 saturated heterocycles. The first-order valence-electron chi connectivity index (χ1n) is 9.13. The average molecular weight is 539 g/mol. The van der Waals surface area contributed by atoms with E-state index in [1.807, 2.05) is 0 Å². The monoisotopic (exact) mass is 539 g/mol. The maximum atomic E-state index is 13.0. The second kappa shape index (κ2) is 8.03. The quantitative estimate of drug-likeness (QED) is 0.478. The molecule has 0 radical (unpaired) electrons. The topological polar surface area (TPSA) is 51.2 Å². The molecule has 3 aliphatic heterocycles. The molecule has 10 heteroatoms. The van der Waals surface area contributed by atoms with Crippen LogP contribution in [-0.4, -0.2) is 47.8 Å². The Morgan fingerprint density at radius 2 is 1.90 bits per heavy atom. The van der Waals surface area contributed by atoms with Crippen LogP contribution in [-0.2, 0) is 10.9 Å². The van der Waals surface area contributed by atoms with Crippen molar-refractivity contribution in [3.05, 3.63) is 35.3 Å². The first-order valence-corrected chi connectivity index (χ1v) is 10.0. The van der Waals surface area contributed by atoms with Gasteiger partial charge in [-0.2, -0.15) is 13.2 Å². The second-order valence-electron chi connectivity index (χ2n) is 7.85. The molecule has 0 atom stereocenters. The predicted octanol–water partition coefficient (Wildman–Crippen LogP) is 1.76. The zero-order valence-electron chi connectivity index (χ0n) is 15.8. The molecule has 5 rings (SSSR count). The Balaban J connectivity index is 0.00000240. The van der Waals surface area contributed by atoms with Crippen molar-refractivity contribution < 1.29 is 51.2 Å². The van der Waals surface area contributed by atoms with E-state index in [2.05, 4.69) is 17.3 Å². The third kappa shape index (κ3) is 4.69. The second-order valence-corrected chi connectivity index (χ2v) is 8.70. The van der Waals surface area contributed by atoms with Crippen molar-refractivity contribution in [3.8, 4) is 10.4 Å². The number of thiazole rings is 1. The van der Waals surface area contributed by atoms with Gasteiger partial charge in [0, 0.05) is 19.3 Å². The number of aromatic nitrogens is 1. The highest BCUT2D eigenvalue weighted by atomic mass is 127. The number of alkyl halides is 3. The van der Waals surface area contributed by atoms with E-state index in [-0.39, 0.29) is 29.8 Å². The van der Waals surface area contributed by atoms with Crippen LogP contribution < -0.4 is 29.3 Å².